The number of tetrazole rings is 1. The summed E-state index contributed by atoms with van der Waals surface area (Å²) in [6.45, 7) is 0. The van der Waals surface area contributed by atoms with E-state index in [1.54, 1.807) is 23.9 Å². The van der Waals surface area contributed by atoms with Crippen molar-refractivity contribution in [1.82, 2.24) is 20.2 Å². The number of methoxy groups -OCH3 is 1. The highest BCUT2D eigenvalue weighted by Gasteiger charge is 2.24. The minimum absolute atomic E-state index is 0.189. The van der Waals surface area contributed by atoms with Crippen LogP contribution in [-0.2, 0) is 0 Å². The monoisotopic (exact) mass is 323 g/mol. The number of allylic oxidation sites excluding steroid dienone is 1. The molecule has 6 nitrogen and oxygen atoms in total. The van der Waals surface area contributed by atoms with Crippen LogP contribution in [0.2, 0.25) is 0 Å². The number of hydrogen-bond acceptors (Lipinski definition) is 5. The van der Waals surface area contributed by atoms with Crippen LogP contribution < -0.4 is 10.1 Å². The van der Waals surface area contributed by atoms with Crippen molar-refractivity contribution in [3.8, 4) is 5.75 Å². The molecule has 1 atom stereocenters. The minimum Gasteiger partial charge on any atom is -0.497 e. The average Bonchev–Trinajstić information content (AvgIpc) is 3.10. The summed E-state index contributed by atoms with van der Waals surface area (Å²) in [6.07, 6.45) is 2.01. The van der Waals surface area contributed by atoms with Crippen LogP contribution in [0.15, 0.2) is 54.6 Å². The number of ether oxygens (including phenoxy) is 1. The van der Waals surface area contributed by atoms with Crippen LogP contribution in [0.3, 0.4) is 0 Å². The standard InChI is InChI=1S/C17H14FN5O/c1-24-14-4-2-3-12(9-14)16-10-15(11-5-7-13(18)8-6-11)19-17-20-21-22-23(16)17/h2-10,16H,1H3,(H,19,20,22). The summed E-state index contributed by atoms with van der Waals surface area (Å²) in [7, 11) is 1.63. The molecule has 2 heterocycles. The van der Waals surface area contributed by atoms with Gasteiger partial charge in [-0.15, -0.1) is 0 Å². The lowest BCUT2D eigenvalue weighted by molar-refractivity contribution is 0.413. The fraction of sp³-hybridized carbons (Fsp3) is 0.118. The molecule has 0 aliphatic carbocycles. The summed E-state index contributed by atoms with van der Waals surface area (Å²) in [6, 6.07) is 13.8. The molecular formula is C17H14FN5O. The van der Waals surface area contributed by atoms with Gasteiger partial charge in [0.2, 0.25) is 5.95 Å². The highest BCUT2D eigenvalue weighted by molar-refractivity contribution is 5.76. The molecule has 24 heavy (non-hydrogen) atoms. The first-order valence-electron chi connectivity index (χ1n) is 7.41. The van der Waals surface area contributed by atoms with E-state index in [1.807, 2.05) is 30.3 Å². The van der Waals surface area contributed by atoms with Crippen molar-refractivity contribution in [1.29, 1.82) is 0 Å². The van der Waals surface area contributed by atoms with Gasteiger partial charge in [-0.2, -0.15) is 4.68 Å². The summed E-state index contributed by atoms with van der Waals surface area (Å²) in [5.74, 6) is 1.02. The van der Waals surface area contributed by atoms with E-state index in [1.165, 1.54) is 12.1 Å². The first kappa shape index (κ1) is 14.4. The lowest BCUT2D eigenvalue weighted by Gasteiger charge is -2.23. The number of benzene rings is 2. The van der Waals surface area contributed by atoms with E-state index < -0.39 is 0 Å². The molecular weight excluding hydrogens is 309 g/mol. The molecule has 1 N–H and O–H groups in total. The second kappa shape index (κ2) is 5.77. The number of hydrogen-bond donors (Lipinski definition) is 1. The maximum absolute atomic E-state index is 13.2. The molecule has 1 aromatic heterocycles. The topological polar surface area (TPSA) is 64.9 Å². The molecule has 2 aromatic carbocycles. The number of anilines is 1. The van der Waals surface area contributed by atoms with Crippen LogP contribution in [0.4, 0.5) is 10.3 Å². The van der Waals surface area contributed by atoms with Crippen LogP contribution in [0.1, 0.15) is 17.2 Å². The molecule has 0 fully saturated rings. The van der Waals surface area contributed by atoms with Gasteiger partial charge in [-0.3, -0.25) is 0 Å². The second-order valence-electron chi connectivity index (χ2n) is 5.38. The lowest BCUT2D eigenvalue weighted by atomic mass is 10.0. The Morgan fingerprint density at radius 1 is 1.17 bits per heavy atom. The Morgan fingerprint density at radius 3 is 2.79 bits per heavy atom. The van der Waals surface area contributed by atoms with Crippen LogP contribution in [0, 0.1) is 5.82 Å². The summed E-state index contributed by atoms with van der Waals surface area (Å²) < 4.78 is 20.2. The van der Waals surface area contributed by atoms with Gasteiger partial charge in [0.15, 0.2) is 0 Å². The lowest BCUT2D eigenvalue weighted by Crippen LogP contribution is -2.20. The predicted molar refractivity (Wildman–Crippen MR) is 86.9 cm³/mol. The highest BCUT2D eigenvalue weighted by atomic mass is 19.1. The van der Waals surface area contributed by atoms with Gasteiger partial charge in [-0.25, -0.2) is 4.39 Å². The Labute approximate surface area is 137 Å². The number of fused-ring (bicyclic) bond motifs is 1. The zero-order chi connectivity index (χ0) is 16.5. The summed E-state index contributed by atoms with van der Waals surface area (Å²) in [4.78, 5) is 0. The van der Waals surface area contributed by atoms with E-state index >= 15 is 0 Å². The summed E-state index contributed by atoms with van der Waals surface area (Å²) in [5.41, 5.74) is 2.67. The van der Waals surface area contributed by atoms with E-state index in [2.05, 4.69) is 20.8 Å². The Bertz CT molecular complexity index is 903. The zero-order valence-electron chi connectivity index (χ0n) is 12.8. The van der Waals surface area contributed by atoms with E-state index in [4.69, 9.17) is 4.74 Å². The summed E-state index contributed by atoms with van der Waals surface area (Å²) >= 11 is 0. The first-order chi connectivity index (χ1) is 11.7. The van der Waals surface area contributed by atoms with Gasteiger partial charge in [0.05, 0.1) is 7.11 Å². The van der Waals surface area contributed by atoms with Crippen molar-refractivity contribution in [2.75, 3.05) is 12.4 Å². The molecule has 0 spiro atoms. The quantitative estimate of drug-likeness (QED) is 0.803. The molecule has 0 bridgehead atoms. The fourth-order valence-electron chi connectivity index (χ4n) is 2.71. The molecule has 1 aliphatic rings. The molecule has 1 unspecified atom stereocenters. The van der Waals surface area contributed by atoms with Gasteiger partial charge in [-0.1, -0.05) is 17.2 Å². The molecule has 1 aliphatic heterocycles. The third-order valence-corrected chi connectivity index (χ3v) is 3.92. The van der Waals surface area contributed by atoms with Gasteiger partial charge >= 0.3 is 0 Å². The number of rotatable bonds is 3. The van der Waals surface area contributed by atoms with E-state index in [9.17, 15) is 4.39 Å². The van der Waals surface area contributed by atoms with E-state index in [-0.39, 0.29) is 11.9 Å². The van der Waals surface area contributed by atoms with Crippen LogP contribution in [0.5, 0.6) is 5.75 Å². The van der Waals surface area contributed by atoms with Crippen LogP contribution in [0.25, 0.3) is 5.70 Å². The molecule has 0 amide bonds. The van der Waals surface area contributed by atoms with Gasteiger partial charge in [0, 0.05) is 5.70 Å². The molecule has 0 saturated heterocycles. The molecule has 120 valence electrons. The molecule has 0 radical (unpaired) electrons. The van der Waals surface area contributed by atoms with Crippen LogP contribution >= 0.6 is 0 Å². The van der Waals surface area contributed by atoms with E-state index in [0.29, 0.717) is 5.95 Å². The van der Waals surface area contributed by atoms with Gasteiger partial charge in [0.25, 0.3) is 0 Å². The predicted octanol–water partition coefficient (Wildman–Crippen LogP) is 2.88. The number of aromatic nitrogens is 4. The Balaban J connectivity index is 1.80. The SMILES string of the molecule is COc1cccc(C2C=C(c3ccc(F)cc3)Nc3nnnn32)c1. The number of halogens is 1. The largest absolute Gasteiger partial charge is 0.497 e. The first-order valence-corrected chi connectivity index (χ1v) is 7.41. The van der Waals surface area contributed by atoms with Gasteiger partial charge < -0.3 is 10.1 Å². The third-order valence-electron chi connectivity index (χ3n) is 3.92. The smallest absolute Gasteiger partial charge is 0.248 e. The molecule has 4 rings (SSSR count). The fourth-order valence-corrected chi connectivity index (χ4v) is 2.71. The third kappa shape index (κ3) is 2.50. The normalized spacial score (nSPS) is 16.1. The molecule has 0 saturated carbocycles. The Hall–Kier alpha value is -3.22. The zero-order valence-corrected chi connectivity index (χ0v) is 12.8. The highest BCUT2D eigenvalue weighted by Crippen LogP contribution is 2.32. The number of nitrogens with one attached hydrogen (secondary N) is 1. The van der Waals surface area contributed by atoms with Crippen molar-refractivity contribution in [3.63, 3.8) is 0 Å². The second-order valence-corrected chi connectivity index (χ2v) is 5.38. The maximum atomic E-state index is 13.2. The van der Waals surface area contributed by atoms with E-state index in [0.717, 1.165) is 22.6 Å². The van der Waals surface area contributed by atoms with Crippen molar-refractivity contribution in [3.05, 3.63) is 71.6 Å². The molecule has 7 heteroatoms. The maximum Gasteiger partial charge on any atom is 0.248 e. The summed E-state index contributed by atoms with van der Waals surface area (Å²) in [5, 5.41) is 15.0. The molecule has 3 aromatic rings. The van der Waals surface area contributed by atoms with Gasteiger partial charge in [-0.05, 0) is 64.0 Å². The number of nitrogens with zero attached hydrogens (tertiary/aromatic N) is 4. The van der Waals surface area contributed by atoms with Crippen LogP contribution in [-0.4, -0.2) is 27.3 Å². The van der Waals surface area contributed by atoms with Crippen molar-refractivity contribution < 1.29 is 9.13 Å². The Kier molecular flexibility index (Phi) is 3.45. The van der Waals surface area contributed by atoms with Crippen molar-refractivity contribution in [2.24, 2.45) is 0 Å². The minimum atomic E-state index is -0.274. The van der Waals surface area contributed by atoms with Crippen molar-refractivity contribution >= 4 is 11.6 Å². The van der Waals surface area contributed by atoms with Gasteiger partial charge in [0.1, 0.15) is 17.6 Å². The Morgan fingerprint density at radius 2 is 2.00 bits per heavy atom. The average molecular weight is 323 g/mol. The van der Waals surface area contributed by atoms with Crippen molar-refractivity contribution in [2.45, 2.75) is 6.04 Å².